The zero-order chi connectivity index (χ0) is 9.68. The number of benzene rings is 1. The molecule has 0 fully saturated rings. The summed E-state index contributed by atoms with van der Waals surface area (Å²) in [7, 11) is 0. The molecule has 0 bridgehead atoms. The average molecular weight is 245 g/mol. The summed E-state index contributed by atoms with van der Waals surface area (Å²) < 4.78 is 5.82. The highest BCUT2D eigenvalue weighted by atomic mass is 79.9. The van der Waals surface area contributed by atoms with E-state index in [-0.39, 0.29) is 13.0 Å². The second-order valence-corrected chi connectivity index (χ2v) is 3.32. The van der Waals surface area contributed by atoms with Gasteiger partial charge in [-0.25, -0.2) is 0 Å². The van der Waals surface area contributed by atoms with E-state index in [4.69, 9.17) is 9.84 Å². The van der Waals surface area contributed by atoms with E-state index >= 15 is 0 Å². The minimum atomic E-state index is -0.426. The van der Waals surface area contributed by atoms with Crippen LogP contribution in [0.25, 0.3) is 0 Å². The van der Waals surface area contributed by atoms with E-state index in [0.717, 1.165) is 4.47 Å². The Morgan fingerprint density at radius 2 is 2.00 bits per heavy atom. The van der Waals surface area contributed by atoms with Gasteiger partial charge in [-0.3, -0.25) is 4.79 Å². The maximum Gasteiger partial charge on any atom is 0.313 e. The van der Waals surface area contributed by atoms with E-state index in [9.17, 15) is 4.79 Å². The summed E-state index contributed by atoms with van der Waals surface area (Å²) in [5.41, 5.74) is 0. The topological polar surface area (TPSA) is 46.5 Å². The van der Waals surface area contributed by atoms with E-state index < -0.39 is 5.97 Å². The van der Waals surface area contributed by atoms with Crippen LogP contribution in [0.3, 0.4) is 0 Å². The first-order chi connectivity index (χ1) is 6.22. The second-order valence-electron chi connectivity index (χ2n) is 2.40. The molecule has 0 radical (unpaired) electrons. The molecule has 0 aromatic heterocycles. The molecule has 0 aliphatic heterocycles. The third-order valence-electron chi connectivity index (χ3n) is 1.36. The van der Waals surface area contributed by atoms with Crippen molar-refractivity contribution in [1.29, 1.82) is 0 Å². The monoisotopic (exact) mass is 244 g/mol. The van der Waals surface area contributed by atoms with Crippen LogP contribution in [-0.2, 0) is 4.79 Å². The maximum atomic E-state index is 10.9. The van der Waals surface area contributed by atoms with Crippen LogP contribution in [0.5, 0.6) is 5.75 Å². The van der Waals surface area contributed by atoms with Crippen molar-refractivity contribution in [3.63, 3.8) is 0 Å². The molecule has 1 rings (SSSR count). The number of esters is 1. The highest BCUT2D eigenvalue weighted by molar-refractivity contribution is 9.10. The zero-order valence-corrected chi connectivity index (χ0v) is 8.45. The number of aliphatic hydroxyl groups excluding tert-OH is 1. The number of aliphatic hydroxyl groups is 1. The van der Waals surface area contributed by atoms with Crippen molar-refractivity contribution in [1.82, 2.24) is 0 Å². The van der Waals surface area contributed by atoms with Gasteiger partial charge in [-0.15, -0.1) is 0 Å². The lowest BCUT2D eigenvalue weighted by atomic mass is 10.3. The zero-order valence-electron chi connectivity index (χ0n) is 6.87. The van der Waals surface area contributed by atoms with Crippen molar-refractivity contribution in [2.45, 2.75) is 6.42 Å². The summed E-state index contributed by atoms with van der Waals surface area (Å²) >= 11 is 3.26. The first-order valence-electron chi connectivity index (χ1n) is 3.79. The quantitative estimate of drug-likeness (QED) is 0.651. The minimum Gasteiger partial charge on any atom is -0.426 e. The molecular formula is C9H9BrO3. The van der Waals surface area contributed by atoms with Gasteiger partial charge in [0.2, 0.25) is 0 Å². The Balaban J connectivity index is 2.54. The van der Waals surface area contributed by atoms with Crippen LogP contribution in [0.4, 0.5) is 0 Å². The summed E-state index contributed by atoms with van der Waals surface area (Å²) in [6.45, 7) is -0.185. The van der Waals surface area contributed by atoms with Crippen LogP contribution in [0.2, 0.25) is 0 Å². The predicted octanol–water partition coefficient (Wildman–Crippen LogP) is 1.74. The van der Waals surface area contributed by atoms with Gasteiger partial charge in [-0.05, 0) is 24.3 Å². The molecule has 0 aliphatic carbocycles. The van der Waals surface area contributed by atoms with Crippen molar-refractivity contribution >= 4 is 21.9 Å². The Kier molecular flexibility index (Phi) is 3.92. The number of rotatable bonds is 3. The van der Waals surface area contributed by atoms with Crippen LogP contribution in [0, 0.1) is 0 Å². The molecule has 1 aromatic rings. The number of carbonyl (C=O) groups is 1. The van der Waals surface area contributed by atoms with Crippen LogP contribution >= 0.6 is 15.9 Å². The van der Waals surface area contributed by atoms with Gasteiger partial charge in [-0.1, -0.05) is 15.9 Å². The molecule has 4 heteroatoms. The van der Waals surface area contributed by atoms with Gasteiger partial charge in [-0.2, -0.15) is 0 Å². The summed E-state index contributed by atoms with van der Waals surface area (Å²) in [5.74, 6) is 0.0615. The molecule has 1 N–H and O–H groups in total. The second kappa shape index (κ2) is 4.99. The molecule has 0 spiro atoms. The van der Waals surface area contributed by atoms with Gasteiger partial charge >= 0.3 is 5.97 Å². The number of halogens is 1. The molecule has 0 saturated heterocycles. The van der Waals surface area contributed by atoms with Gasteiger partial charge in [0.25, 0.3) is 0 Å². The standard InChI is InChI=1S/C9H9BrO3/c10-7-1-3-8(4-2-7)13-9(12)5-6-11/h1-4,11H,5-6H2. The molecule has 13 heavy (non-hydrogen) atoms. The third kappa shape index (κ3) is 3.57. The first kappa shape index (κ1) is 10.2. The van der Waals surface area contributed by atoms with Gasteiger partial charge in [0, 0.05) is 4.47 Å². The Bertz CT molecular complexity index is 281. The SMILES string of the molecule is O=C(CCO)Oc1ccc(Br)cc1. The largest absolute Gasteiger partial charge is 0.426 e. The molecule has 3 nitrogen and oxygen atoms in total. The molecule has 1 aromatic carbocycles. The molecule has 0 saturated carbocycles. The van der Waals surface area contributed by atoms with Gasteiger partial charge in [0.15, 0.2) is 0 Å². The van der Waals surface area contributed by atoms with Crippen molar-refractivity contribution < 1.29 is 14.6 Å². The molecular weight excluding hydrogens is 236 g/mol. The minimum absolute atomic E-state index is 0.0239. The van der Waals surface area contributed by atoms with Crippen molar-refractivity contribution in [2.75, 3.05) is 6.61 Å². The lowest BCUT2D eigenvalue weighted by molar-refractivity contribution is -0.135. The number of hydrogen-bond donors (Lipinski definition) is 1. The van der Waals surface area contributed by atoms with Crippen LogP contribution in [0.1, 0.15) is 6.42 Å². The van der Waals surface area contributed by atoms with Crippen LogP contribution < -0.4 is 4.74 Å². The maximum absolute atomic E-state index is 10.9. The number of carbonyl (C=O) groups excluding carboxylic acids is 1. The van der Waals surface area contributed by atoms with Crippen LogP contribution in [-0.4, -0.2) is 17.7 Å². The first-order valence-corrected chi connectivity index (χ1v) is 4.59. The molecule has 70 valence electrons. The normalized spacial score (nSPS) is 9.69. The van der Waals surface area contributed by atoms with E-state index in [1.165, 1.54) is 0 Å². The Labute approximate surface area is 84.5 Å². The van der Waals surface area contributed by atoms with Crippen molar-refractivity contribution in [3.05, 3.63) is 28.7 Å². The fourth-order valence-corrected chi connectivity index (χ4v) is 1.04. The fourth-order valence-electron chi connectivity index (χ4n) is 0.776. The molecule has 0 heterocycles. The smallest absolute Gasteiger partial charge is 0.313 e. The van der Waals surface area contributed by atoms with E-state index in [2.05, 4.69) is 15.9 Å². The van der Waals surface area contributed by atoms with Crippen LogP contribution in [0.15, 0.2) is 28.7 Å². The lowest BCUT2D eigenvalue weighted by Gasteiger charge is -2.02. The highest BCUT2D eigenvalue weighted by Gasteiger charge is 2.02. The molecule has 0 unspecified atom stereocenters. The lowest BCUT2D eigenvalue weighted by Crippen LogP contribution is -2.09. The highest BCUT2D eigenvalue weighted by Crippen LogP contribution is 2.16. The summed E-state index contributed by atoms with van der Waals surface area (Å²) in [4.78, 5) is 10.9. The average Bonchev–Trinajstić information content (AvgIpc) is 2.09. The third-order valence-corrected chi connectivity index (χ3v) is 1.89. The summed E-state index contributed by atoms with van der Waals surface area (Å²) in [5, 5.41) is 8.45. The summed E-state index contributed by atoms with van der Waals surface area (Å²) in [6.07, 6.45) is 0.0239. The van der Waals surface area contributed by atoms with Gasteiger partial charge < -0.3 is 9.84 Å². The van der Waals surface area contributed by atoms with Gasteiger partial charge in [0.1, 0.15) is 5.75 Å². The number of hydrogen-bond acceptors (Lipinski definition) is 3. The Morgan fingerprint density at radius 1 is 1.38 bits per heavy atom. The molecule has 0 atom stereocenters. The number of ether oxygens (including phenoxy) is 1. The van der Waals surface area contributed by atoms with E-state index in [0.29, 0.717) is 5.75 Å². The van der Waals surface area contributed by atoms with Gasteiger partial charge in [0.05, 0.1) is 13.0 Å². The molecule has 0 aliphatic rings. The van der Waals surface area contributed by atoms with Crippen molar-refractivity contribution in [2.24, 2.45) is 0 Å². The Hall–Kier alpha value is -0.870. The van der Waals surface area contributed by atoms with Crippen molar-refractivity contribution in [3.8, 4) is 5.75 Å². The molecule has 0 amide bonds. The fraction of sp³-hybridized carbons (Fsp3) is 0.222. The van der Waals surface area contributed by atoms with E-state index in [1.54, 1.807) is 24.3 Å². The Morgan fingerprint density at radius 3 is 2.54 bits per heavy atom. The van der Waals surface area contributed by atoms with E-state index in [1.807, 2.05) is 0 Å². The summed E-state index contributed by atoms with van der Waals surface area (Å²) in [6, 6.07) is 6.92. The predicted molar refractivity (Wildman–Crippen MR) is 51.5 cm³/mol.